The van der Waals surface area contributed by atoms with Gasteiger partial charge in [-0.3, -0.25) is 0 Å². The highest BCUT2D eigenvalue weighted by Gasteiger charge is 2.47. The Kier molecular flexibility index (Phi) is 21.5. The summed E-state index contributed by atoms with van der Waals surface area (Å²) in [6.45, 7) is 35.4. The highest BCUT2D eigenvalue weighted by molar-refractivity contribution is 7.34. The van der Waals surface area contributed by atoms with Crippen molar-refractivity contribution in [2.24, 2.45) is 0 Å². The Morgan fingerprint density at radius 2 is 0.600 bits per heavy atom. The molecular weight excluding hydrogens is 793 g/mol. The van der Waals surface area contributed by atoms with E-state index in [1.165, 1.54) is 141 Å². The minimum absolute atomic E-state index is 0.724. The van der Waals surface area contributed by atoms with Gasteiger partial charge in [0.25, 0.3) is 0 Å². The zero-order valence-corrected chi connectivity index (χ0v) is 45.8. The molecule has 2 heterocycles. The van der Waals surface area contributed by atoms with Gasteiger partial charge in [0, 0.05) is 20.2 Å². The van der Waals surface area contributed by atoms with Crippen molar-refractivity contribution in [2.45, 2.75) is 271 Å². The average molecular weight is 890 g/mol. The van der Waals surface area contributed by atoms with E-state index in [-0.39, 0.29) is 0 Å². The molecule has 0 radical (unpaired) electrons. The van der Waals surface area contributed by atoms with Crippen molar-refractivity contribution in [3.8, 4) is 0 Å². The predicted octanol–water partition coefficient (Wildman–Crippen LogP) is 20.0. The summed E-state index contributed by atoms with van der Waals surface area (Å²) in [4.78, 5) is 0. The Labute approximate surface area is 383 Å². The third kappa shape index (κ3) is 11.8. The van der Waals surface area contributed by atoms with E-state index < -0.39 is 16.1 Å². The summed E-state index contributed by atoms with van der Waals surface area (Å²) in [5.74, 6) is 0. The van der Waals surface area contributed by atoms with Crippen LogP contribution in [0.25, 0.3) is 30.9 Å². The highest BCUT2D eigenvalue weighted by Crippen LogP contribution is 2.48. The van der Waals surface area contributed by atoms with Crippen LogP contribution in [0.2, 0.25) is 33.2 Å². The SMILES string of the molecule is CCCCCCCCCCCCc1cc2cc([Si](C(C)C)(C(C)C)C(C)C)sc2c2c(CCCCCCCCCCCC)cc3cc([Si](C(C)C)(C(C)C)C(C)C)sc3c12. The number of rotatable bonds is 30. The van der Waals surface area contributed by atoms with Crippen LogP contribution in [0.15, 0.2) is 24.3 Å². The minimum Gasteiger partial charge on any atom is -0.144 e. The van der Waals surface area contributed by atoms with Crippen LogP contribution in [-0.4, -0.2) is 16.1 Å². The number of unbranched alkanes of at least 4 members (excludes halogenated alkanes) is 18. The molecule has 0 atom stereocenters. The van der Waals surface area contributed by atoms with Crippen molar-refractivity contribution < 1.29 is 0 Å². The Bertz CT molecular complexity index is 1660. The Morgan fingerprint density at radius 3 is 0.850 bits per heavy atom. The average Bonchev–Trinajstić information content (AvgIpc) is 3.80. The molecule has 0 saturated heterocycles. The third-order valence-electron chi connectivity index (χ3n) is 15.7. The lowest BCUT2D eigenvalue weighted by atomic mass is 9.91. The fraction of sp³-hybridized carbons (Fsp3) is 0.750. The van der Waals surface area contributed by atoms with Crippen LogP contribution in [0, 0.1) is 0 Å². The van der Waals surface area contributed by atoms with E-state index in [0.29, 0.717) is 0 Å². The van der Waals surface area contributed by atoms with Crippen molar-refractivity contribution in [2.75, 3.05) is 0 Å². The Balaban J connectivity index is 1.87. The summed E-state index contributed by atoms with van der Waals surface area (Å²) in [6.07, 6.45) is 30.4. The number of hydrogen-bond acceptors (Lipinski definition) is 2. The van der Waals surface area contributed by atoms with Gasteiger partial charge in [0.2, 0.25) is 0 Å². The third-order valence-corrected chi connectivity index (χ3v) is 33.9. The fourth-order valence-corrected chi connectivity index (χ4v) is 33.4. The molecule has 0 amide bonds. The van der Waals surface area contributed by atoms with Crippen molar-refractivity contribution in [1.82, 2.24) is 0 Å². The van der Waals surface area contributed by atoms with E-state index in [2.05, 4.69) is 144 Å². The molecule has 4 heteroatoms. The van der Waals surface area contributed by atoms with E-state index >= 15 is 0 Å². The van der Waals surface area contributed by atoms with Gasteiger partial charge in [0.1, 0.15) is 16.1 Å². The molecule has 2 aromatic heterocycles. The van der Waals surface area contributed by atoms with E-state index in [9.17, 15) is 0 Å². The van der Waals surface area contributed by atoms with Gasteiger partial charge in [-0.2, -0.15) is 0 Å². The van der Waals surface area contributed by atoms with E-state index in [1.54, 1.807) is 51.1 Å². The molecule has 0 saturated carbocycles. The summed E-state index contributed by atoms with van der Waals surface area (Å²) >= 11 is 4.51. The normalized spacial score (nSPS) is 13.2. The van der Waals surface area contributed by atoms with Crippen LogP contribution < -0.4 is 9.00 Å². The lowest BCUT2D eigenvalue weighted by Crippen LogP contribution is -2.54. The lowest BCUT2D eigenvalue weighted by Gasteiger charge is -2.42. The van der Waals surface area contributed by atoms with Crippen molar-refractivity contribution in [3.63, 3.8) is 0 Å². The van der Waals surface area contributed by atoms with Gasteiger partial charge in [-0.25, -0.2) is 0 Å². The molecule has 0 N–H and O–H groups in total. The van der Waals surface area contributed by atoms with E-state index in [1.807, 2.05) is 0 Å². The lowest BCUT2D eigenvalue weighted by molar-refractivity contribution is 0.556. The zero-order chi connectivity index (χ0) is 44.0. The van der Waals surface area contributed by atoms with Gasteiger partial charge in [-0.1, -0.05) is 213 Å². The Morgan fingerprint density at radius 1 is 0.350 bits per heavy atom. The first-order chi connectivity index (χ1) is 28.7. The number of aryl methyl sites for hydroxylation is 2. The number of fused-ring (bicyclic) bond motifs is 5. The van der Waals surface area contributed by atoms with Crippen LogP contribution in [0.4, 0.5) is 0 Å². The van der Waals surface area contributed by atoms with Crippen LogP contribution in [0.1, 0.15) is 236 Å². The van der Waals surface area contributed by atoms with Gasteiger partial charge in [0.05, 0.1) is 0 Å². The molecule has 4 rings (SSSR count). The van der Waals surface area contributed by atoms with Crippen LogP contribution in [0.3, 0.4) is 0 Å². The number of hydrogen-bond donors (Lipinski definition) is 0. The monoisotopic (exact) mass is 889 g/mol. The van der Waals surface area contributed by atoms with Gasteiger partial charge in [-0.05, 0) is 114 Å². The molecule has 60 heavy (non-hydrogen) atoms. The maximum absolute atomic E-state index is 2.76. The van der Waals surface area contributed by atoms with Gasteiger partial charge in [-0.15, -0.1) is 22.7 Å². The summed E-state index contributed by atoms with van der Waals surface area (Å²) in [5, 5.41) is 6.48. The predicted molar refractivity (Wildman–Crippen MR) is 287 cm³/mol. The second-order valence-corrected chi connectivity index (χ2v) is 36.1. The van der Waals surface area contributed by atoms with Crippen molar-refractivity contribution in [1.29, 1.82) is 0 Å². The smallest absolute Gasteiger partial charge is 0.107 e. The fourth-order valence-electron chi connectivity index (χ4n) is 12.9. The van der Waals surface area contributed by atoms with Gasteiger partial charge >= 0.3 is 0 Å². The largest absolute Gasteiger partial charge is 0.144 e. The summed E-state index contributed by atoms with van der Waals surface area (Å²) in [7, 11) is -3.61. The van der Waals surface area contributed by atoms with Crippen molar-refractivity contribution >= 4 is 78.8 Å². The van der Waals surface area contributed by atoms with Crippen LogP contribution in [-0.2, 0) is 12.8 Å². The molecule has 0 bridgehead atoms. The summed E-state index contributed by atoms with van der Waals surface area (Å²) in [6, 6.07) is 11.0. The molecule has 0 aliphatic heterocycles. The molecule has 0 nitrogen and oxygen atoms in total. The Hall–Kier alpha value is -0.946. The molecule has 2 aromatic carbocycles. The number of benzene rings is 2. The second-order valence-electron chi connectivity index (χ2n) is 21.5. The van der Waals surface area contributed by atoms with Crippen LogP contribution >= 0.6 is 22.7 Å². The van der Waals surface area contributed by atoms with Gasteiger partial charge < -0.3 is 0 Å². The topological polar surface area (TPSA) is 0 Å². The summed E-state index contributed by atoms with van der Waals surface area (Å²) < 4.78 is 6.81. The molecule has 4 aromatic rings. The van der Waals surface area contributed by atoms with Crippen LogP contribution in [0.5, 0.6) is 0 Å². The van der Waals surface area contributed by atoms with E-state index in [0.717, 1.165) is 33.2 Å². The first kappa shape index (κ1) is 51.7. The first-order valence-electron chi connectivity index (χ1n) is 26.2. The molecule has 0 unspecified atom stereocenters. The summed E-state index contributed by atoms with van der Waals surface area (Å²) in [5.41, 5.74) is 7.68. The molecule has 340 valence electrons. The maximum atomic E-state index is 2.76. The first-order valence-corrected chi connectivity index (χ1v) is 32.3. The van der Waals surface area contributed by atoms with E-state index in [4.69, 9.17) is 0 Å². The minimum atomic E-state index is -1.80. The molecular formula is C56H96S2Si2. The molecule has 0 aliphatic rings. The molecule has 0 aliphatic carbocycles. The van der Waals surface area contributed by atoms with Crippen molar-refractivity contribution in [3.05, 3.63) is 35.4 Å². The zero-order valence-electron chi connectivity index (χ0n) is 42.1. The number of thiophene rings is 2. The van der Waals surface area contributed by atoms with Gasteiger partial charge in [0.15, 0.2) is 0 Å². The molecule has 0 fully saturated rings. The maximum Gasteiger partial charge on any atom is 0.107 e. The standard InChI is InChI=1S/C56H96S2Si2/c1-15-17-19-21-23-25-27-29-31-33-35-47-37-49-39-51(59(41(3)4,42(5)6)43(7)8)58-56(49)54-48(36-34-32-30-28-26-24-22-20-18-16-2)38-50-40-52(57-55(50)53(47)54)60(44(9)10,45(11)12)46(13)14/h37-46H,15-36H2,1-14H3. The molecule has 0 spiro atoms. The second kappa shape index (κ2) is 24.9. The quantitative estimate of drug-likeness (QED) is 0.0361. The highest BCUT2D eigenvalue weighted by atomic mass is 32.1.